The van der Waals surface area contributed by atoms with Crippen molar-refractivity contribution in [3.05, 3.63) is 45.8 Å². The second kappa shape index (κ2) is 6.80. The van der Waals surface area contributed by atoms with Crippen LogP contribution in [0.3, 0.4) is 0 Å². The predicted octanol–water partition coefficient (Wildman–Crippen LogP) is 3.84. The number of nitrogens with zero attached hydrogens (tertiary/aromatic N) is 2. The van der Waals surface area contributed by atoms with Crippen molar-refractivity contribution in [2.24, 2.45) is 0 Å². The SMILES string of the molecule is CCCc1noc(C(C)OC(=O)c2cc(F)ccc2Br)n1. The predicted molar refractivity (Wildman–Crippen MR) is 76.2 cm³/mol. The molecule has 0 saturated carbocycles. The maximum atomic E-state index is 13.2. The molecule has 0 aliphatic heterocycles. The first-order valence-electron chi connectivity index (χ1n) is 6.49. The van der Waals surface area contributed by atoms with Crippen molar-refractivity contribution in [1.82, 2.24) is 10.1 Å². The van der Waals surface area contributed by atoms with Crippen molar-refractivity contribution < 1.29 is 18.4 Å². The zero-order chi connectivity index (χ0) is 15.4. The lowest BCUT2D eigenvalue weighted by atomic mass is 10.2. The molecule has 0 radical (unpaired) electrons. The van der Waals surface area contributed by atoms with Crippen molar-refractivity contribution in [2.75, 3.05) is 0 Å². The first-order chi connectivity index (χ1) is 10.0. The van der Waals surface area contributed by atoms with Gasteiger partial charge < -0.3 is 9.26 Å². The van der Waals surface area contributed by atoms with Gasteiger partial charge in [-0.2, -0.15) is 4.98 Å². The van der Waals surface area contributed by atoms with Gasteiger partial charge in [-0.3, -0.25) is 0 Å². The summed E-state index contributed by atoms with van der Waals surface area (Å²) in [6, 6.07) is 3.80. The van der Waals surface area contributed by atoms with E-state index in [1.54, 1.807) is 6.92 Å². The highest BCUT2D eigenvalue weighted by Gasteiger charge is 2.21. The minimum absolute atomic E-state index is 0.107. The van der Waals surface area contributed by atoms with Crippen LogP contribution in [0.1, 0.15) is 48.4 Å². The minimum Gasteiger partial charge on any atom is -0.449 e. The molecule has 0 bridgehead atoms. The molecule has 2 aromatic rings. The van der Waals surface area contributed by atoms with Crippen molar-refractivity contribution in [2.45, 2.75) is 32.8 Å². The van der Waals surface area contributed by atoms with E-state index in [0.717, 1.165) is 12.5 Å². The van der Waals surface area contributed by atoms with Crippen LogP contribution in [-0.4, -0.2) is 16.1 Å². The third kappa shape index (κ3) is 3.87. The number of benzene rings is 1. The molecule has 0 aliphatic carbocycles. The number of aryl methyl sites for hydroxylation is 1. The lowest BCUT2D eigenvalue weighted by molar-refractivity contribution is 0.0264. The van der Waals surface area contributed by atoms with Gasteiger partial charge >= 0.3 is 5.97 Å². The molecule has 21 heavy (non-hydrogen) atoms. The highest BCUT2D eigenvalue weighted by molar-refractivity contribution is 9.10. The summed E-state index contributed by atoms with van der Waals surface area (Å²) in [6.07, 6.45) is 0.883. The second-order valence-corrected chi connectivity index (χ2v) is 5.32. The van der Waals surface area contributed by atoms with E-state index in [2.05, 4.69) is 26.1 Å². The summed E-state index contributed by atoms with van der Waals surface area (Å²) >= 11 is 3.18. The van der Waals surface area contributed by atoms with Crippen LogP contribution in [0.4, 0.5) is 4.39 Å². The molecule has 0 amide bonds. The lowest BCUT2D eigenvalue weighted by Crippen LogP contribution is -2.10. The molecule has 1 aromatic heterocycles. The normalized spacial score (nSPS) is 12.2. The molecule has 5 nitrogen and oxygen atoms in total. The zero-order valence-electron chi connectivity index (χ0n) is 11.6. The topological polar surface area (TPSA) is 65.2 Å². The Morgan fingerprint density at radius 3 is 3.00 bits per heavy atom. The number of carbonyl (C=O) groups excluding carboxylic acids is 1. The smallest absolute Gasteiger partial charge is 0.340 e. The first kappa shape index (κ1) is 15.6. The number of carbonyl (C=O) groups is 1. The quantitative estimate of drug-likeness (QED) is 0.761. The number of rotatable bonds is 5. The van der Waals surface area contributed by atoms with Crippen LogP contribution in [-0.2, 0) is 11.2 Å². The van der Waals surface area contributed by atoms with E-state index in [1.165, 1.54) is 12.1 Å². The maximum absolute atomic E-state index is 13.2. The van der Waals surface area contributed by atoms with E-state index in [4.69, 9.17) is 9.26 Å². The summed E-state index contributed by atoms with van der Waals surface area (Å²) in [5, 5.41) is 3.79. The third-order valence-electron chi connectivity index (χ3n) is 2.74. The number of aromatic nitrogens is 2. The number of ether oxygens (including phenoxy) is 1. The van der Waals surface area contributed by atoms with Crippen molar-refractivity contribution in [3.8, 4) is 0 Å². The van der Waals surface area contributed by atoms with Gasteiger partial charge in [0, 0.05) is 10.9 Å². The number of hydrogen-bond donors (Lipinski definition) is 0. The Kier molecular flexibility index (Phi) is 5.06. The largest absolute Gasteiger partial charge is 0.449 e. The Labute approximate surface area is 129 Å². The second-order valence-electron chi connectivity index (χ2n) is 4.47. The van der Waals surface area contributed by atoms with E-state index in [9.17, 15) is 9.18 Å². The first-order valence-corrected chi connectivity index (χ1v) is 7.29. The fourth-order valence-corrected chi connectivity index (χ4v) is 2.09. The average molecular weight is 357 g/mol. The molecule has 0 spiro atoms. The van der Waals surface area contributed by atoms with Gasteiger partial charge in [0.05, 0.1) is 5.56 Å². The summed E-state index contributed by atoms with van der Waals surface area (Å²) in [7, 11) is 0. The molecule has 112 valence electrons. The van der Waals surface area contributed by atoms with Gasteiger partial charge in [-0.05, 0) is 47.5 Å². The molecule has 0 fully saturated rings. The Bertz CT molecular complexity index is 645. The van der Waals surface area contributed by atoms with Crippen molar-refractivity contribution >= 4 is 21.9 Å². The van der Waals surface area contributed by atoms with Crippen LogP contribution in [0.25, 0.3) is 0 Å². The Hall–Kier alpha value is -1.76. The van der Waals surface area contributed by atoms with Gasteiger partial charge in [0.25, 0.3) is 5.89 Å². The molecule has 1 atom stereocenters. The molecule has 1 unspecified atom stereocenters. The van der Waals surface area contributed by atoms with Gasteiger partial charge in [0.1, 0.15) is 5.82 Å². The lowest BCUT2D eigenvalue weighted by Gasteiger charge is -2.10. The highest BCUT2D eigenvalue weighted by atomic mass is 79.9. The van der Waals surface area contributed by atoms with E-state index < -0.39 is 17.9 Å². The molecule has 0 aliphatic rings. The van der Waals surface area contributed by atoms with Gasteiger partial charge in [0.2, 0.25) is 0 Å². The van der Waals surface area contributed by atoms with Crippen LogP contribution in [0.5, 0.6) is 0 Å². The van der Waals surface area contributed by atoms with Gasteiger partial charge in [-0.25, -0.2) is 9.18 Å². The van der Waals surface area contributed by atoms with Crippen LogP contribution in [0, 0.1) is 5.82 Å². The zero-order valence-corrected chi connectivity index (χ0v) is 13.2. The van der Waals surface area contributed by atoms with Crippen LogP contribution in [0.15, 0.2) is 27.2 Å². The monoisotopic (exact) mass is 356 g/mol. The fraction of sp³-hybridized carbons (Fsp3) is 0.357. The molecule has 2 rings (SSSR count). The van der Waals surface area contributed by atoms with E-state index in [-0.39, 0.29) is 11.5 Å². The molecular weight excluding hydrogens is 343 g/mol. The summed E-state index contributed by atoms with van der Waals surface area (Å²) in [5.41, 5.74) is 0.107. The number of halogens is 2. The average Bonchev–Trinajstić information content (AvgIpc) is 2.90. The fourth-order valence-electron chi connectivity index (χ4n) is 1.69. The molecular formula is C14H14BrFN2O3. The van der Waals surface area contributed by atoms with Gasteiger partial charge in [-0.15, -0.1) is 0 Å². The molecule has 7 heteroatoms. The number of esters is 1. The van der Waals surface area contributed by atoms with Gasteiger partial charge in [-0.1, -0.05) is 12.1 Å². The van der Waals surface area contributed by atoms with Crippen molar-refractivity contribution in [3.63, 3.8) is 0 Å². The maximum Gasteiger partial charge on any atom is 0.340 e. The Morgan fingerprint density at radius 2 is 2.29 bits per heavy atom. The number of hydrogen-bond acceptors (Lipinski definition) is 5. The minimum atomic E-state index is -0.703. The van der Waals surface area contributed by atoms with E-state index in [0.29, 0.717) is 16.7 Å². The Balaban J connectivity index is 2.09. The van der Waals surface area contributed by atoms with Gasteiger partial charge in [0.15, 0.2) is 11.9 Å². The van der Waals surface area contributed by atoms with Crippen LogP contribution < -0.4 is 0 Å². The Morgan fingerprint density at radius 1 is 1.52 bits per heavy atom. The molecule has 1 heterocycles. The van der Waals surface area contributed by atoms with Crippen LogP contribution in [0.2, 0.25) is 0 Å². The summed E-state index contributed by atoms with van der Waals surface area (Å²) in [6.45, 7) is 3.62. The molecule has 1 aromatic carbocycles. The van der Waals surface area contributed by atoms with E-state index >= 15 is 0 Å². The molecule has 0 N–H and O–H groups in total. The van der Waals surface area contributed by atoms with Crippen LogP contribution >= 0.6 is 15.9 Å². The summed E-state index contributed by atoms with van der Waals surface area (Å²) in [5.74, 6) is -0.383. The summed E-state index contributed by atoms with van der Waals surface area (Å²) < 4.78 is 23.9. The molecule has 0 saturated heterocycles. The standard InChI is InChI=1S/C14H14BrFN2O3/c1-3-4-12-17-13(21-18-12)8(2)20-14(19)10-7-9(16)5-6-11(10)15/h5-8H,3-4H2,1-2H3. The third-order valence-corrected chi connectivity index (χ3v) is 3.43. The van der Waals surface area contributed by atoms with E-state index in [1.807, 2.05) is 6.92 Å². The van der Waals surface area contributed by atoms with Crippen molar-refractivity contribution in [1.29, 1.82) is 0 Å². The highest BCUT2D eigenvalue weighted by Crippen LogP contribution is 2.22. The summed E-state index contributed by atoms with van der Waals surface area (Å²) in [4.78, 5) is 16.2.